The van der Waals surface area contributed by atoms with E-state index in [1.807, 2.05) is 0 Å². The number of hydrogen-bond donors (Lipinski definition) is 2. The molecule has 5 heteroatoms. The highest BCUT2D eigenvalue weighted by atomic mass is 16.2. The Morgan fingerprint density at radius 3 is 2.30 bits per heavy atom. The van der Waals surface area contributed by atoms with Crippen LogP contribution in [0, 0.1) is 5.92 Å². The minimum absolute atomic E-state index is 0.268. The van der Waals surface area contributed by atoms with Crippen molar-refractivity contribution < 1.29 is 4.79 Å². The van der Waals surface area contributed by atoms with Crippen LogP contribution in [0.3, 0.4) is 0 Å². The SMILES string of the molecule is CN1C2CCC1CC(CNC1CCN(C(N)=O)CC1)C2. The van der Waals surface area contributed by atoms with Gasteiger partial charge in [0.15, 0.2) is 0 Å². The Kier molecular flexibility index (Phi) is 4.17. The molecule has 0 saturated carbocycles. The summed E-state index contributed by atoms with van der Waals surface area (Å²) in [5, 5.41) is 3.74. The third-order valence-corrected chi connectivity index (χ3v) is 5.70. The molecule has 0 aromatic carbocycles. The standard InChI is InChI=1S/C15H28N4O/c1-18-13-2-3-14(18)9-11(8-13)10-17-12-4-6-19(7-5-12)15(16)20/h11-14,17H,2-10H2,1H3,(H2,16,20). The monoisotopic (exact) mass is 280 g/mol. The maximum atomic E-state index is 11.1. The van der Waals surface area contributed by atoms with Crippen LogP contribution in [0.15, 0.2) is 0 Å². The minimum atomic E-state index is -0.268. The molecule has 3 N–H and O–H groups in total. The van der Waals surface area contributed by atoms with Crippen LogP contribution in [0.4, 0.5) is 4.79 Å². The molecule has 0 radical (unpaired) electrons. The molecule has 5 nitrogen and oxygen atoms in total. The molecule has 3 heterocycles. The van der Waals surface area contributed by atoms with E-state index in [1.54, 1.807) is 4.90 Å². The fourth-order valence-corrected chi connectivity index (χ4v) is 4.33. The third-order valence-electron chi connectivity index (χ3n) is 5.70. The van der Waals surface area contributed by atoms with Crippen LogP contribution in [0.25, 0.3) is 0 Å². The van der Waals surface area contributed by atoms with Crippen molar-refractivity contribution >= 4 is 6.03 Å². The molecular weight excluding hydrogens is 252 g/mol. The molecule has 3 saturated heterocycles. The highest BCUT2D eigenvalue weighted by molar-refractivity contribution is 5.72. The number of hydrogen-bond acceptors (Lipinski definition) is 3. The third kappa shape index (κ3) is 2.93. The Balaban J connectivity index is 1.39. The predicted octanol–water partition coefficient (Wildman–Crippen LogP) is 0.992. The molecule has 0 aliphatic carbocycles. The first-order valence-electron chi connectivity index (χ1n) is 8.13. The number of nitrogens with one attached hydrogen (secondary N) is 1. The van der Waals surface area contributed by atoms with Gasteiger partial charge in [-0.1, -0.05) is 0 Å². The van der Waals surface area contributed by atoms with Gasteiger partial charge in [-0.3, -0.25) is 0 Å². The van der Waals surface area contributed by atoms with Gasteiger partial charge in [0.2, 0.25) is 0 Å². The summed E-state index contributed by atoms with van der Waals surface area (Å²) in [6.45, 7) is 2.78. The number of primary amides is 1. The molecule has 0 aromatic rings. The Morgan fingerprint density at radius 2 is 1.75 bits per heavy atom. The molecular formula is C15H28N4O. The molecule has 20 heavy (non-hydrogen) atoms. The zero-order chi connectivity index (χ0) is 14.1. The molecule has 2 amide bonds. The molecule has 3 rings (SSSR count). The molecule has 2 bridgehead atoms. The van der Waals surface area contributed by atoms with Crippen molar-refractivity contribution in [2.45, 2.75) is 56.7 Å². The van der Waals surface area contributed by atoms with Gasteiger partial charge in [-0.15, -0.1) is 0 Å². The summed E-state index contributed by atoms with van der Waals surface area (Å²) in [6, 6.07) is 1.97. The molecule has 114 valence electrons. The number of nitrogens with two attached hydrogens (primary N) is 1. The van der Waals surface area contributed by atoms with E-state index in [9.17, 15) is 4.79 Å². The lowest BCUT2D eigenvalue weighted by atomic mass is 9.90. The lowest BCUT2D eigenvalue weighted by Gasteiger charge is -2.38. The Hall–Kier alpha value is -0.810. The van der Waals surface area contributed by atoms with E-state index in [2.05, 4.69) is 17.3 Å². The van der Waals surface area contributed by atoms with Crippen molar-refractivity contribution in [1.29, 1.82) is 0 Å². The first kappa shape index (κ1) is 14.1. The van der Waals surface area contributed by atoms with Crippen LogP contribution < -0.4 is 11.1 Å². The number of nitrogens with zero attached hydrogens (tertiary/aromatic N) is 2. The number of piperidine rings is 2. The predicted molar refractivity (Wildman–Crippen MR) is 79.5 cm³/mol. The van der Waals surface area contributed by atoms with Gasteiger partial charge in [0.05, 0.1) is 0 Å². The van der Waals surface area contributed by atoms with Crippen molar-refractivity contribution in [2.75, 3.05) is 26.7 Å². The summed E-state index contributed by atoms with van der Waals surface area (Å²) in [7, 11) is 2.30. The summed E-state index contributed by atoms with van der Waals surface area (Å²) < 4.78 is 0. The van der Waals surface area contributed by atoms with E-state index in [-0.39, 0.29) is 6.03 Å². The van der Waals surface area contributed by atoms with Gasteiger partial charge in [-0.25, -0.2) is 4.79 Å². The van der Waals surface area contributed by atoms with Crippen LogP contribution in [0.1, 0.15) is 38.5 Å². The first-order chi connectivity index (χ1) is 9.63. The van der Waals surface area contributed by atoms with E-state index in [0.29, 0.717) is 6.04 Å². The van der Waals surface area contributed by atoms with Crippen LogP contribution in [0.5, 0.6) is 0 Å². The quantitative estimate of drug-likeness (QED) is 0.810. The summed E-state index contributed by atoms with van der Waals surface area (Å²) in [4.78, 5) is 15.5. The average molecular weight is 280 g/mol. The highest BCUT2D eigenvalue weighted by Crippen LogP contribution is 2.37. The van der Waals surface area contributed by atoms with E-state index in [4.69, 9.17) is 5.73 Å². The number of likely N-dealkylation sites (tertiary alicyclic amines) is 1. The smallest absolute Gasteiger partial charge is 0.314 e. The zero-order valence-corrected chi connectivity index (χ0v) is 12.6. The lowest BCUT2D eigenvalue weighted by molar-refractivity contribution is 0.128. The fraction of sp³-hybridized carbons (Fsp3) is 0.933. The van der Waals surface area contributed by atoms with E-state index in [1.165, 1.54) is 25.7 Å². The topological polar surface area (TPSA) is 61.6 Å². The summed E-state index contributed by atoms with van der Waals surface area (Å²) in [6.07, 6.45) is 7.61. The molecule has 0 spiro atoms. The maximum Gasteiger partial charge on any atom is 0.314 e. The molecule has 0 aromatic heterocycles. The van der Waals surface area contributed by atoms with E-state index in [0.717, 1.165) is 50.5 Å². The van der Waals surface area contributed by atoms with Gasteiger partial charge in [-0.2, -0.15) is 0 Å². The van der Waals surface area contributed by atoms with Crippen molar-refractivity contribution in [3.05, 3.63) is 0 Å². The maximum absolute atomic E-state index is 11.1. The van der Waals surface area contributed by atoms with Crippen LogP contribution >= 0.6 is 0 Å². The van der Waals surface area contributed by atoms with Gasteiger partial charge in [-0.05, 0) is 58.0 Å². The number of carbonyl (C=O) groups excluding carboxylic acids is 1. The normalized spacial score (nSPS) is 35.5. The number of urea groups is 1. The Labute approximate surface area is 121 Å². The first-order valence-corrected chi connectivity index (χ1v) is 8.13. The molecule has 3 aliphatic heterocycles. The highest BCUT2D eigenvalue weighted by Gasteiger charge is 2.38. The average Bonchev–Trinajstić information content (AvgIpc) is 2.66. The number of rotatable bonds is 3. The summed E-state index contributed by atoms with van der Waals surface area (Å²) >= 11 is 0. The minimum Gasteiger partial charge on any atom is -0.351 e. The number of fused-ring (bicyclic) bond motifs is 2. The number of carbonyl (C=O) groups is 1. The Morgan fingerprint density at radius 1 is 1.15 bits per heavy atom. The number of amides is 2. The molecule has 3 fully saturated rings. The second kappa shape index (κ2) is 5.90. The van der Waals surface area contributed by atoms with Crippen LogP contribution in [-0.2, 0) is 0 Å². The van der Waals surface area contributed by atoms with Crippen LogP contribution in [0.2, 0.25) is 0 Å². The van der Waals surface area contributed by atoms with Gasteiger partial charge < -0.3 is 20.9 Å². The Bertz CT molecular complexity index is 340. The van der Waals surface area contributed by atoms with Crippen molar-refractivity contribution in [2.24, 2.45) is 11.7 Å². The van der Waals surface area contributed by atoms with Gasteiger partial charge in [0.25, 0.3) is 0 Å². The second-order valence-corrected chi connectivity index (χ2v) is 6.90. The van der Waals surface area contributed by atoms with Crippen molar-refractivity contribution in [1.82, 2.24) is 15.1 Å². The molecule has 2 unspecified atom stereocenters. The van der Waals surface area contributed by atoms with Gasteiger partial charge in [0.1, 0.15) is 0 Å². The molecule has 2 atom stereocenters. The molecule has 3 aliphatic rings. The lowest BCUT2D eigenvalue weighted by Crippen LogP contribution is -2.49. The van der Waals surface area contributed by atoms with E-state index < -0.39 is 0 Å². The van der Waals surface area contributed by atoms with Crippen LogP contribution in [-0.4, -0.2) is 60.6 Å². The summed E-state index contributed by atoms with van der Waals surface area (Å²) in [5.74, 6) is 0.845. The van der Waals surface area contributed by atoms with E-state index >= 15 is 0 Å². The van der Waals surface area contributed by atoms with Gasteiger partial charge >= 0.3 is 6.03 Å². The largest absolute Gasteiger partial charge is 0.351 e. The van der Waals surface area contributed by atoms with Gasteiger partial charge in [0, 0.05) is 31.2 Å². The van der Waals surface area contributed by atoms with Crippen molar-refractivity contribution in [3.63, 3.8) is 0 Å². The fourth-order valence-electron chi connectivity index (χ4n) is 4.33. The zero-order valence-electron chi connectivity index (χ0n) is 12.6. The van der Waals surface area contributed by atoms with Crippen molar-refractivity contribution in [3.8, 4) is 0 Å². The second-order valence-electron chi connectivity index (χ2n) is 6.90. The summed E-state index contributed by atoms with van der Waals surface area (Å²) in [5.41, 5.74) is 5.32.